The number of nitrogens with zero attached hydrogens (tertiary/aromatic N) is 1. The van der Waals surface area contributed by atoms with Crippen molar-refractivity contribution in [3.8, 4) is 23.0 Å². The fourth-order valence-corrected chi connectivity index (χ4v) is 5.74. The minimum Gasteiger partial charge on any atom is -0.493 e. The van der Waals surface area contributed by atoms with E-state index in [1.54, 1.807) is 31.2 Å². The number of carbonyl (C=O) groups is 2. The predicted molar refractivity (Wildman–Crippen MR) is 147 cm³/mol. The van der Waals surface area contributed by atoms with Gasteiger partial charge in [0.1, 0.15) is 0 Å². The normalized spacial score (nSPS) is 16.6. The molecule has 0 unspecified atom stereocenters. The van der Waals surface area contributed by atoms with Gasteiger partial charge in [0.15, 0.2) is 23.0 Å². The molecule has 1 aliphatic heterocycles. The number of rotatable bonds is 11. The van der Waals surface area contributed by atoms with Crippen molar-refractivity contribution >= 4 is 23.2 Å². The number of nitrogens with one attached hydrogen (secondary N) is 1. The number of benzene rings is 2. The number of ether oxygens (including phenoxy) is 4. The third kappa shape index (κ3) is 5.43. The average molecular weight is 539 g/mol. The second-order valence-electron chi connectivity index (χ2n) is 8.84. The second-order valence-corrected chi connectivity index (χ2v) is 9.82. The highest BCUT2D eigenvalue weighted by atomic mass is 32.1. The van der Waals surface area contributed by atoms with Gasteiger partial charge in [0.25, 0.3) is 5.91 Å². The molecule has 8 nitrogen and oxygen atoms in total. The molecule has 0 radical (unpaired) electrons. The molecule has 0 saturated heterocycles. The number of hydrogen-bond acceptors (Lipinski definition) is 7. The molecule has 2 amide bonds. The van der Waals surface area contributed by atoms with E-state index in [1.165, 1.54) is 18.4 Å². The van der Waals surface area contributed by atoms with Crippen molar-refractivity contribution in [1.29, 1.82) is 0 Å². The Morgan fingerprint density at radius 2 is 1.68 bits per heavy atom. The van der Waals surface area contributed by atoms with Crippen LogP contribution in [-0.4, -0.2) is 57.7 Å². The van der Waals surface area contributed by atoms with E-state index in [2.05, 4.69) is 5.32 Å². The summed E-state index contributed by atoms with van der Waals surface area (Å²) in [5.41, 5.74) is 2.09. The quantitative estimate of drug-likeness (QED) is 0.376. The molecule has 2 heterocycles. The molecule has 9 heteroatoms. The molecular weight excluding hydrogens is 504 g/mol. The van der Waals surface area contributed by atoms with Gasteiger partial charge in [0, 0.05) is 24.0 Å². The summed E-state index contributed by atoms with van der Waals surface area (Å²) in [6.45, 7) is 5.37. The van der Waals surface area contributed by atoms with Crippen LogP contribution in [0.3, 0.4) is 0 Å². The number of hydrogen-bond donors (Lipinski definition) is 1. The van der Waals surface area contributed by atoms with Gasteiger partial charge in [-0.25, -0.2) is 0 Å². The highest BCUT2D eigenvalue weighted by Crippen LogP contribution is 2.46. The van der Waals surface area contributed by atoms with Crippen molar-refractivity contribution in [3.63, 3.8) is 0 Å². The summed E-state index contributed by atoms with van der Waals surface area (Å²) < 4.78 is 22.3. The van der Waals surface area contributed by atoms with Crippen molar-refractivity contribution in [2.45, 2.75) is 32.2 Å². The molecule has 0 spiro atoms. The third-order valence-corrected chi connectivity index (χ3v) is 7.56. The molecule has 0 fully saturated rings. The number of thiophene rings is 1. The van der Waals surface area contributed by atoms with Crippen molar-refractivity contribution in [2.75, 3.05) is 41.0 Å². The Balaban J connectivity index is 1.61. The van der Waals surface area contributed by atoms with Crippen LogP contribution in [-0.2, 0) is 11.2 Å². The first kappa shape index (κ1) is 27.3. The SMILES string of the molecule is CCOc1ccc(CCNC(=O)[C@H]2c3cc(OC)c(OC)cc3C(=O)N(C)[C@H]2c2cccs2)cc1OCC. The number of methoxy groups -OCH3 is 2. The van der Waals surface area contributed by atoms with Crippen LogP contribution < -0.4 is 24.3 Å². The largest absolute Gasteiger partial charge is 0.493 e. The zero-order valence-electron chi connectivity index (χ0n) is 22.4. The van der Waals surface area contributed by atoms with E-state index in [0.717, 1.165) is 10.4 Å². The highest BCUT2D eigenvalue weighted by molar-refractivity contribution is 7.10. The highest BCUT2D eigenvalue weighted by Gasteiger charge is 2.44. The third-order valence-electron chi connectivity index (χ3n) is 6.61. The first-order valence-corrected chi connectivity index (χ1v) is 13.5. The summed E-state index contributed by atoms with van der Waals surface area (Å²) in [7, 11) is 4.81. The molecule has 202 valence electrons. The number of likely N-dealkylation sites (N-methyl/N-ethyl adjacent to an activating group) is 1. The van der Waals surface area contributed by atoms with Crippen LogP contribution in [0.25, 0.3) is 0 Å². The lowest BCUT2D eigenvalue weighted by Gasteiger charge is -2.39. The van der Waals surface area contributed by atoms with E-state index in [9.17, 15) is 9.59 Å². The number of fused-ring (bicyclic) bond motifs is 1. The van der Waals surface area contributed by atoms with Crippen LogP contribution >= 0.6 is 11.3 Å². The Bertz CT molecular complexity index is 1280. The Morgan fingerprint density at radius 1 is 0.974 bits per heavy atom. The van der Waals surface area contributed by atoms with Crippen molar-refractivity contribution in [1.82, 2.24) is 10.2 Å². The van der Waals surface area contributed by atoms with Crippen LogP contribution in [0.5, 0.6) is 23.0 Å². The average Bonchev–Trinajstić information content (AvgIpc) is 3.46. The van der Waals surface area contributed by atoms with Crippen LogP contribution in [0.15, 0.2) is 47.8 Å². The lowest BCUT2D eigenvalue weighted by atomic mass is 9.81. The summed E-state index contributed by atoms with van der Waals surface area (Å²) in [5.74, 6) is 1.38. The van der Waals surface area contributed by atoms with E-state index in [-0.39, 0.29) is 11.8 Å². The second kappa shape index (κ2) is 12.2. The summed E-state index contributed by atoms with van der Waals surface area (Å²) in [5, 5.41) is 5.06. The zero-order valence-corrected chi connectivity index (χ0v) is 23.2. The Kier molecular flexibility index (Phi) is 8.78. The van der Waals surface area contributed by atoms with Gasteiger partial charge < -0.3 is 29.2 Å². The first-order valence-electron chi connectivity index (χ1n) is 12.7. The first-order chi connectivity index (χ1) is 18.4. The van der Waals surface area contributed by atoms with Gasteiger partial charge >= 0.3 is 0 Å². The summed E-state index contributed by atoms with van der Waals surface area (Å²) >= 11 is 1.53. The minimum absolute atomic E-state index is 0.160. The topological polar surface area (TPSA) is 86.3 Å². The van der Waals surface area contributed by atoms with Gasteiger partial charge in [-0.1, -0.05) is 12.1 Å². The van der Waals surface area contributed by atoms with Crippen LogP contribution in [0, 0.1) is 0 Å². The smallest absolute Gasteiger partial charge is 0.254 e. The van der Waals surface area contributed by atoms with E-state index in [0.29, 0.717) is 60.3 Å². The van der Waals surface area contributed by atoms with Gasteiger partial charge in [0.05, 0.1) is 39.4 Å². The van der Waals surface area contributed by atoms with Gasteiger partial charge in [0.2, 0.25) is 5.91 Å². The number of carbonyl (C=O) groups excluding carboxylic acids is 2. The maximum absolute atomic E-state index is 13.8. The fraction of sp³-hybridized carbons (Fsp3) is 0.379. The van der Waals surface area contributed by atoms with Crippen LogP contribution in [0.1, 0.15) is 52.2 Å². The Hall–Kier alpha value is -3.72. The van der Waals surface area contributed by atoms with Gasteiger partial charge in [-0.2, -0.15) is 0 Å². The molecule has 0 saturated carbocycles. The lowest BCUT2D eigenvalue weighted by Crippen LogP contribution is -2.45. The van der Waals surface area contributed by atoms with Crippen LogP contribution in [0.4, 0.5) is 0 Å². The zero-order chi connectivity index (χ0) is 27.2. The Morgan fingerprint density at radius 3 is 2.34 bits per heavy atom. The molecule has 2 aromatic carbocycles. The molecule has 0 bridgehead atoms. The molecule has 2 atom stereocenters. The van der Waals surface area contributed by atoms with Gasteiger partial charge in [-0.3, -0.25) is 9.59 Å². The number of amides is 2. The van der Waals surface area contributed by atoms with Gasteiger partial charge in [-0.15, -0.1) is 11.3 Å². The summed E-state index contributed by atoms with van der Waals surface area (Å²) in [6.07, 6.45) is 0.613. The maximum atomic E-state index is 13.8. The lowest BCUT2D eigenvalue weighted by molar-refractivity contribution is -0.124. The molecule has 4 rings (SSSR count). The minimum atomic E-state index is -0.620. The molecule has 1 N–H and O–H groups in total. The monoisotopic (exact) mass is 538 g/mol. The molecule has 1 aliphatic rings. The van der Waals surface area contributed by atoms with E-state index >= 15 is 0 Å². The van der Waals surface area contributed by atoms with Crippen molar-refractivity contribution in [2.24, 2.45) is 0 Å². The summed E-state index contributed by atoms with van der Waals surface area (Å²) in [6, 6.07) is 12.7. The predicted octanol–water partition coefficient (Wildman–Crippen LogP) is 4.83. The fourth-order valence-electron chi connectivity index (χ4n) is 4.84. The molecular formula is C29H34N2O6S. The Labute approximate surface area is 227 Å². The molecule has 3 aromatic rings. The van der Waals surface area contributed by atoms with Gasteiger partial charge in [-0.05, 0) is 67.1 Å². The van der Waals surface area contributed by atoms with Crippen molar-refractivity contribution in [3.05, 3.63) is 69.4 Å². The van der Waals surface area contributed by atoms with E-state index < -0.39 is 12.0 Å². The van der Waals surface area contributed by atoms with E-state index in [4.69, 9.17) is 18.9 Å². The van der Waals surface area contributed by atoms with E-state index in [1.807, 2.05) is 49.6 Å². The molecule has 0 aliphatic carbocycles. The van der Waals surface area contributed by atoms with Crippen LogP contribution in [0.2, 0.25) is 0 Å². The molecule has 38 heavy (non-hydrogen) atoms. The maximum Gasteiger partial charge on any atom is 0.254 e. The summed E-state index contributed by atoms with van der Waals surface area (Å²) in [4.78, 5) is 29.8. The standard InChI is InChI=1S/C29H34N2O6S/c1-6-36-21-11-10-18(15-24(21)37-7-2)12-13-30-28(32)26-19-16-22(34-4)23(35-5)17-20(19)29(33)31(3)27(26)25-9-8-14-38-25/h8-11,14-17,26-27H,6-7,12-13H2,1-5H3,(H,30,32)/t26-,27-/m0/s1. The molecule has 1 aromatic heterocycles. The van der Waals surface area contributed by atoms with Crippen molar-refractivity contribution < 1.29 is 28.5 Å².